The van der Waals surface area contributed by atoms with Crippen molar-refractivity contribution in [2.75, 3.05) is 19.6 Å². The molecule has 2 bridgehead atoms. The van der Waals surface area contributed by atoms with Crippen molar-refractivity contribution in [1.29, 1.82) is 0 Å². The maximum Gasteiger partial charge on any atom is 0.310 e. The van der Waals surface area contributed by atoms with Crippen LogP contribution in [0.5, 0.6) is 0 Å². The first-order valence-electron chi connectivity index (χ1n) is 12.2. The maximum absolute atomic E-state index is 13.0. The Hall–Kier alpha value is -1.88. The number of piperidine rings is 1. The average molecular weight is 423 g/mol. The molecule has 2 saturated carbocycles. The van der Waals surface area contributed by atoms with Gasteiger partial charge in [-0.15, -0.1) is 0 Å². The highest BCUT2D eigenvalue weighted by Gasteiger charge is 2.55. The van der Waals surface area contributed by atoms with E-state index in [9.17, 15) is 9.59 Å². The normalized spacial score (nSPS) is 41.8. The largest absolute Gasteiger partial charge is 0.462 e. The van der Waals surface area contributed by atoms with Crippen molar-refractivity contribution < 1.29 is 9.53 Å². The fourth-order valence-electron chi connectivity index (χ4n) is 7.89. The summed E-state index contributed by atoms with van der Waals surface area (Å²) < 4.78 is 7.97. The van der Waals surface area contributed by atoms with Crippen molar-refractivity contribution in [2.45, 2.75) is 64.0 Å². The van der Waals surface area contributed by atoms with Gasteiger partial charge in [0, 0.05) is 49.8 Å². The number of likely N-dealkylation sites (tertiary alicyclic amines) is 1. The summed E-state index contributed by atoms with van der Waals surface area (Å²) in [6.45, 7) is 10.3. The van der Waals surface area contributed by atoms with E-state index >= 15 is 0 Å². The number of rotatable bonds is 2. The van der Waals surface area contributed by atoms with Crippen LogP contribution in [0.15, 0.2) is 35.1 Å². The van der Waals surface area contributed by atoms with E-state index in [4.69, 9.17) is 4.74 Å². The van der Waals surface area contributed by atoms with Gasteiger partial charge in [-0.25, -0.2) is 0 Å². The molecule has 5 nitrogen and oxygen atoms in total. The summed E-state index contributed by atoms with van der Waals surface area (Å²) in [4.78, 5) is 27.8. The molecule has 2 unspecified atom stereocenters. The summed E-state index contributed by atoms with van der Waals surface area (Å²) in [6, 6.07) is 5.68. The minimum Gasteiger partial charge on any atom is -0.462 e. The lowest BCUT2D eigenvalue weighted by Gasteiger charge is -2.50. The smallest absolute Gasteiger partial charge is 0.310 e. The second kappa shape index (κ2) is 7.06. The average Bonchev–Trinajstić information content (AvgIpc) is 3.01. The van der Waals surface area contributed by atoms with E-state index in [0.29, 0.717) is 23.7 Å². The van der Waals surface area contributed by atoms with E-state index in [0.717, 1.165) is 51.9 Å². The van der Waals surface area contributed by atoms with Crippen LogP contribution in [0.2, 0.25) is 0 Å². The molecule has 2 saturated heterocycles. The molecule has 4 heterocycles. The van der Waals surface area contributed by atoms with Crippen molar-refractivity contribution in [3.8, 4) is 0 Å². The fourth-order valence-corrected chi connectivity index (χ4v) is 7.89. The van der Waals surface area contributed by atoms with E-state index < -0.39 is 0 Å². The summed E-state index contributed by atoms with van der Waals surface area (Å²) in [5.41, 5.74) is 2.96. The molecule has 7 atom stereocenters. The summed E-state index contributed by atoms with van der Waals surface area (Å²) in [7, 11) is 0. The lowest BCUT2D eigenvalue weighted by atomic mass is 9.55. The number of esters is 1. The molecule has 5 aliphatic rings. The van der Waals surface area contributed by atoms with Crippen LogP contribution in [-0.4, -0.2) is 41.2 Å². The molecule has 31 heavy (non-hydrogen) atoms. The zero-order chi connectivity index (χ0) is 21.3. The molecule has 2 aliphatic carbocycles. The van der Waals surface area contributed by atoms with Gasteiger partial charge in [-0.3, -0.25) is 9.59 Å². The molecule has 0 N–H and O–H groups in total. The van der Waals surface area contributed by atoms with Gasteiger partial charge in [0.15, 0.2) is 0 Å². The molecule has 3 aliphatic heterocycles. The van der Waals surface area contributed by atoms with Gasteiger partial charge in [0.05, 0.1) is 5.92 Å². The van der Waals surface area contributed by atoms with Crippen molar-refractivity contribution in [3.05, 3.63) is 46.4 Å². The van der Waals surface area contributed by atoms with Crippen molar-refractivity contribution in [3.63, 3.8) is 0 Å². The SMILES string of the molecule is C=C1CCC[C@]2(C)C[C@H]3OC(=O)C(CN4C[C@H]5C[C@H](C4)c4cccc(=O)n4C5)[C@H]3CC12. The van der Waals surface area contributed by atoms with Crippen molar-refractivity contribution in [1.82, 2.24) is 9.47 Å². The van der Waals surface area contributed by atoms with Crippen LogP contribution in [0.1, 0.15) is 57.1 Å². The Morgan fingerprint density at radius 1 is 1.19 bits per heavy atom. The molecule has 4 fully saturated rings. The third-order valence-electron chi connectivity index (χ3n) is 9.33. The Morgan fingerprint density at radius 3 is 2.94 bits per heavy atom. The molecule has 166 valence electrons. The first-order chi connectivity index (χ1) is 14.9. The number of carbonyl (C=O) groups excluding carboxylic acids is 1. The third kappa shape index (κ3) is 3.14. The van der Waals surface area contributed by atoms with Crippen LogP contribution in [0.4, 0.5) is 0 Å². The topological polar surface area (TPSA) is 51.5 Å². The molecule has 1 aromatic rings. The number of hydrogen-bond donors (Lipinski definition) is 0. The Kier molecular flexibility index (Phi) is 4.51. The number of ether oxygens (including phenoxy) is 1. The van der Waals surface area contributed by atoms with E-state index in [-0.39, 0.29) is 29.0 Å². The molecule has 0 aromatic carbocycles. The molecular formula is C26H34N2O3. The molecule has 5 heteroatoms. The first-order valence-corrected chi connectivity index (χ1v) is 12.2. The van der Waals surface area contributed by atoms with Gasteiger partial charge in [0.1, 0.15) is 6.10 Å². The predicted molar refractivity (Wildman–Crippen MR) is 119 cm³/mol. The maximum atomic E-state index is 13.0. The summed E-state index contributed by atoms with van der Waals surface area (Å²) >= 11 is 0. The zero-order valence-electron chi connectivity index (χ0n) is 18.6. The second-order valence-electron chi connectivity index (χ2n) is 11.3. The Bertz CT molecular complexity index is 983. The van der Waals surface area contributed by atoms with Crippen LogP contribution in [0.25, 0.3) is 0 Å². The van der Waals surface area contributed by atoms with E-state index in [1.54, 1.807) is 6.07 Å². The van der Waals surface area contributed by atoms with Gasteiger partial charge in [0.2, 0.25) is 0 Å². The molecule has 6 rings (SSSR count). The minimum absolute atomic E-state index is 0.0129. The van der Waals surface area contributed by atoms with Gasteiger partial charge in [0.25, 0.3) is 5.56 Å². The fraction of sp³-hybridized carbons (Fsp3) is 0.692. The van der Waals surface area contributed by atoms with Crippen LogP contribution >= 0.6 is 0 Å². The number of carbonyl (C=O) groups is 1. The van der Waals surface area contributed by atoms with Gasteiger partial charge < -0.3 is 14.2 Å². The summed E-state index contributed by atoms with van der Waals surface area (Å²) in [5.74, 6) is 1.77. The number of pyridine rings is 1. The number of aromatic nitrogens is 1. The highest BCUT2D eigenvalue weighted by atomic mass is 16.6. The standard InChI is InChI=1S/C26H34N2O3/c1-16-5-4-8-26(2)11-23-19(10-21(16)26)20(25(30)31-23)15-27-12-17-9-18(14-27)22-6-3-7-24(29)28(22)13-17/h3,6-7,17-21,23H,1,4-5,8-15H2,2H3/t17-,18-,19-,20?,21?,23-,26-/m1/s1. The number of hydrogen-bond acceptors (Lipinski definition) is 4. The zero-order valence-corrected chi connectivity index (χ0v) is 18.6. The molecule has 1 aromatic heterocycles. The highest BCUT2D eigenvalue weighted by molar-refractivity contribution is 5.75. The van der Waals surface area contributed by atoms with Gasteiger partial charge in [-0.1, -0.05) is 25.1 Å². The second-order valence-corrected chi connectivity index (χ2v) is 11.3. The number of allylic oxidation sites excluding steroid dienone is 1. The van der Waals surface area contributed by atoms with Gasteiger partial charge in [-0.2, -0.15) is 0 Å². The van der Waals surface area contributed by atoms with Crippen molar-refractivity contribution in [2.24, 2.45) is 29.1 Å². The highest BCUT2D eigenvalue weighted by Crippen LogP contribution is 2.57. The molecule has 0 amide bonds. The third-order valence-corrected chi connectivity index (χ3v) is 9.33. The Morgan fingerprint density at radius 2 is 2.06 bits per heavy atom. The van der Waals surface area contributed by atoms with E-state index in [1.165, 1.54) is 24.1 Å². The van der Waals surface area contributed by atoms with Crippen LogP contribution in [-0.2, 0) is 16.1 Å². The minimum atomic E-state index is -0.0129. The van der Waals surface area contributed by atoms with Crippen LogP contribution < -0.4 is 5.56 Å². The first kappa shape index (κ1) is 19.8. The summed E-state index contributed by atoms with van der Waals surface area (Å²) in [6.07, 6.45) is 6.92. The summed E-state index contributed by atoms with van der Waals surface area (Å²) in [5, 5.41) is 0. The predicted octanol–water partition coefficient (Wildman–Crippen LogP) is 3.58. The van der Waals surface area contributed by atoms with Gasteiger partial charge in [-0.05, 0) is 61.8 Å². The Labute approximate surface area is 184 Å². The number of nitrogens with zero attached hydrogens (tertiary/aromatic N) is 2. The molecule has 0 spiro atoms. The monoisotopic (exact) mass is 422 g/mol. The van der Waals surface area contributed by atoms with E-state index in [1.807, 2.05) is 10.6 Å². The lowest BCUT2D eigenvalue weighted by molar-refractivity contribution is -0.146. The van der Waals surface area contributed by atoms with Gasteiger partial charge >= 0.3 is 5.97 Å². The molecule has 0 radical (unpaired) electrons. The number of fused-ring (bicyclic) bond motifs is 6. The van der Waals surface area contributed by atoms with Crippen LogP contribution in [0, 0.1) is 29.1 Å². The van der Waals surface area contributed by atoms with E-state index in [2.05, 4.69) is 24.5 Å². The Balaban J connectivity index is 1.20. The van der Waals surface area contributed by atoms with Crippen molar-refractivity contribution >= 4 is 5.97 Å². The molecular weight excluding hydrogens is 388 g/mol. The van der Waals surface area contributed by atoms with Crippen LogP contribution in [0.3, 0.4) is 0 Å². The lowest BCUT2D eigenvalue weighted by Crippen LogP contribution is -2.50. The quantitative estimate of drug-likeness (QED) is 0.540.